The van der Waals surface area contributed by atoms with E-state index in [1.165, 1.54) is 0 Å². The van der Waals surface area contributed by atoms with E-state index < -0.39 is 0 Å². The summed E-state index contributed by atoms with van der Waals surface area (Å²) in [5, 5.41) is 1.06. The standard InChI is InChI=1S/C19H16INO2/c1-22-17-11-8-15(20)12-14(17)7-10-16-9-6-13-4-3-5-18(23-2)19(13)21-16/h3-12H,1-2H3/b10-7+. The quantitative estimate of drug-likeness (QED) is 0.559. The highest BCUT2D eigenvalue weighted by atomic mass is 127. The van der Waals surface area contributed by atoms with Crippen molar-refractivity contribution in [2.24, 2.45) is 0 Å². The molecule has 1 aromatic heterocycles. The molecule has 3 aromatic rings. The zero-order chi connectivity index (χ0) is 16.2. The van der Waals surface area contributed by atoms with Crippen LogP contribution in [0.2, 0.25) is 0 Å². The minimum absolute atomic E-state index is 0.782. The number of hydrogen-bond acceptors (Lipinski definition) is 3. The molecular formula is C19H16INO2. The first-order valence-corrected chi connectivity index (χ1v) is 8.24. The van der Waals surface area contributed by atoms with E-state index in [4.69, 9.17) is 9.47 Å². The fourth-order valence-corrected chi connectivity index (χ4v) is 2.92. The van der Waals surface area contributed by atoms with Crippen LogP contribution in [0.1, 0.15) is 11.3 Å². The first kappa shape index (κ1) is 15.8. The number of halogens is 1. The summed E-state index contributed by atoms with van der Waals surface area (Å²) in [4.78, 5) is 4.68. The van der Waals surface area contributed by atoms with Gasteiger partial charge >= 0.3 is 0 Å². The second-order valence-electron chi connectivity index (χ2n) is 4.99. The van der Waals surface area contributed by atoms with E-state index in [-0.39, 0.29) is 0 Å². The molecule has 0 bridgehead atoms. The van der Waals surface area contributed by atoms with Gasteiger partial charge in [0, 0.05) is 14.5 Å². The molecule has 0 atom stereocenters. The second kappa shape index (κ2) is 7.00. The summed E-state index contributed by atoms with van der Waals surface area (Å²) in [6.07, 6.45) is 4.00. The third kappa shape index (κ3) is 3.47. The molecule has 0 fully saturated rings. The Bertz CT molecular complexity index is 874. The van der Waals surface area contributed by atoms with Crippen molar-refractivity contribution in [1.29, 1.82) is 0 Å². The Kier molecular flexibility index (Phi) is 4.81. The van der Waals surface area contributed by atoms with Crippen LogP contribution in [0, 0.1) is 3.57 Å². The molecule has 23 heavy (non-hydrogen) atoms. The minimum atomic E-state index is 0.782. The monoisotopic (exact) mass is 417 g/mol. The Hall–Kier alpha value is -2.08. The minimum Gasteiger partial charge on any atom is -0.496 e. The van der Waals surface area contributed by atoms with Gasteiger partial charge in [0.05, 0.1) is 19.9 Å². The van der Waals surface area contributed by atoms with Crippen molar-refractivity contribution in [3.8, 4) is 11.5 Å². The molecule has 3 rings (SSSR count). The van der Waals surface area contributed by atoms with Gasteiger partial charge in [0.2, 0.25) is 0 Å². The molecule has 0 saturated heterocycles. The van der Waals surface area contributed by atoms with Gasteiger partial charge in [0.1, 0.15) is 17.0 Å². The molecule has 0 amide bonds. The normalized spacial score (nSPS) is 11.1. The van der Waals surface area contributed by atoms with Gasteiger partial charge in [-0.15, -0.1) is 0 Å². The largest absolute Gasteiger partial charge is 0.496 e. The summed E-state index contributed by atoms with van der Waals surface area (Å²) >= 11 is 2.29. The fraction of sp³-hybridized carbons (Fsp3) is 0.105. The lowest BCUT2D eigenvalue weighted by Gasteiger charge is -2.06. The number of rotatable bonds is 4. The molecule has 0 spiro atoms. The van der Waals surface area contributed by atoms with Crippen LogP contribution in [0.4, 0.5) is 0 Å². The molecular weight excluding hydrogens is 401 g/mol. The third-order valence-electron chi connectivity index (χ3n) is 3.55. The number of pyridine rings is 1. The number of ether oxygens (including phenoxy) is 2. The van der Waals surface area contributed by atoms with Gasteiger partial charge in [-0.2, -0.15) is 0 Å². The van der Waals surface area contributed by atoms with E-state index in [9.17, 15) is 0 Å². The van der Waals surface area contributed by atoms with E-state index in [2.05, 4.69) is 39.7 Å². The van der Waals surface area contributed by atoms with Crippen LogP contribution in [0.3, 0.4) is 0 Å². The van der Waals surface area contributed by atoms with Crippen LogP contribution in [-0.2, 0) is 0 Å². The number of methoxy groups -OCH3 is 2. The summed E-state index contributed by atoms with van der Waals surface area (Å²) in [5.74, 6) is 1.63. The lowest BCUT2D eigenvalue weighted by Crippen LogP contribution is -1.90. The molecule has 0 unspecified atom stereocenters. The van der Waals surface area contributed by atoms with Crippen LogP contribution in [-0.4, -0.2) is 19.2 Å². The number of nitrogens with zero attached hydrogens (tertiary/aromatic N) is 1. The Morgan fingerprint density at radius 1 is 0.913 bits per heavy atom. The van der Waals surface area contributed by atoms with Gasteiger partial charge in [0.15, 0.2) is 0 Å². The number of fused-ring (bicyclic) bond motifs is 1. The number of para-hydroxylation sites is 1. The maximum atomic E-state index is 5.40. The van der Waals surface area contributed by atoms with Crippen molar-refractivity contribution in [2.45, 2.75) is 0 Å². The van der Waals surface area contributed by atoms with Gasteiger partial charge in [-0.1, -0.05) is 18.2 Å². The fourth-order valence-electron chi connectivity index (χ4n) is 2.40. The van der Waals surface area contributed by atoms with Gasteiger partial charge in [-0.25, -0.2) is 4.98 Å². The molecule has 0 aliphatic rings. The first-order chi connectivity index (χ1) is 11.2. The maximum Gasteiger partial charge on any atom is 0.145 e. The topological polar surface area (TPSA) is 31.4 Å². The van der Waals surface area contributed by atoms with Crippen LogP contribution in [0.5, 0.6) is 11.5 Å². The predicted octanol–water partition coefficient (Wildman–Crippen LogP) is 5.03. The highest BCUT2D eigenvalue weighted by molar-refractivity contribution is 14.1. The van der Waals surface area contributed by atoms with Crippen LogP contribution in [0.25, 0.3) is 23.1 Å². The Morgan fingerprint density at radius 3 is 2.52 bits per heavy atom. The third-order valence-corrected chi connectivity index (χ3v) is 4.22. The van der Waals surface area contributed by atoms with Gasteiger partial charge in [0.25, 0.3) is 0 Å². The van der Waals surface area contributed by atoms with E-state index in [1.54, 1.807) is 14.2 Å². The number of hydrogen-bond donors (Lipinski definition) is 0. The average molecular weight is 417 g/mol. The summed E-state index contributed by atoms with van der Waals surface area (Å²) in [6.45, 7) is 0. The molecule has 0 saturated carbocycles. The van der Waals surface area contributed by atoms with Gasteiger partial charge < -0.3 is 9.47 Å². The summed E-state index contributed by atoms with van der Waals surface area (Å²) in [7, 11) is 3.34. The molecule has 0 aliphatic heterocycles. The summed E-state index contributed by atoms with van der Waals surface area (Å²) in [6, 6.07) is 16.0. The molecule has 2 aromatic carbocycles. The highest BCUT2D eigenvalue weighted by Crippen LogP contribution is 2.25. The summed E-state index contributed by atoms with van der Waals surface area (Å²) in [5.41, 5.74) is 2.77. The van der Waals surface area contributed by atoms with Gasteiger partial charge in [-0.3, -0.25) is 0 Å². The zero-order valence-electron chi connectivity index (χ0n) is 12.9. The predicted molar refractivity (Wildman–Crippen MR) is 103 cm³/mol. The van der Waals surface area contributed by atoms with Crippen molar-refractivity contribution in [3.63, 3.8) is 0 Å². The Morgan fingerprint density at radius 2 is 1.74 bits per heavy atom. The van der Waals surface area contributed by atoms with E-state index >= 15 is 0 Å². The molecule has 0 N–H and O–H groups in total. The first-order valence-electron chi connectivity index (χ1n) is 7.16. The Balaban J connectivity index is 2.00. The highest BCUT2D eigenvalue weighted by Gasteiger charge is 2.04. The molecule has 0 radical (unpaired) electrons. The van der Waals surface area contributed by atoms with Crippen molar-refractivity contribution < 1.29 is 9.47 Å². The zero-order valence-corrected chi connectivity index (χ0v) is 15.1. The molecule has 1 heterocycles. The lowest BCUT2D eigenvalue weighted by molar-refractivity contribution is 0.414. The van der Waals surface area contributed by atoms with Crippen LogP contribution < -0.4 is 9.47 Å². The van der Waals surface area contributed by atoms with Crippen molar-refractivity contribution in [1.82, 2.24) is 4.98 Å². The van der Waals surface area contributed by atoms with Crippen LogP contribution in [0.15, 0.2) is 48.5 Å². The Labute approximate surface area is 149 Å². The summed E-state index contributed by atoms with van der Waals surface area (Å²) < 4.78 is 12.0. The van der Waals surface area contributed by atoms with E-state index in [1.807, 2.05) is 48.6 Å². The van der Waals surface area contributed by atoms with Crippen molar-refractivity contribution in [2.75, 3.05) is 14.2 Å². The van der Waals surface area contributed by atoms with E-state index in [0.29, 0.717) is 0 Å². The van der Waals surface area contributed by atoms with Crippen molar-refractivity contribution in [3.05, 3.63) is 63.4 Å². The molecule has 3 nitrogen and oxygen atoms in total. The molecule has 0 aliphatic carbocycles. The second-order valence-corrected chi connectivity index (χ2v) is 6.23. The SMILES string of the molecule is COc1ccc(I)cc1/C=C/c1ccc2cccc(OC)c2n1. The maximum absolute atomic E-state index is 5.40. The lowest BCUT2D eigenvalue weighted by atomic mass is 10.1. The van der Waals surface area contributed by atoms with E-state index in [0.717, 1.165) is 37.2 Å². The average Bonchev–Trinajstić information content (AvgIpc) is 2.59. The van der Waals surface area contributed by atoms with Crippen molar-refractivity contribution >= 4 is 45.6 Å². The molecule has 116 valence electrons. The van der Waals surface area contributed by atoms with Crippen LogP contribution >= 0.6 is 22.6 Å². The van der Waals surface area contributed by atoms with Gasteiger partial charge in [-0.05, 0) is 65.1 Å². The number of benzene rings is 2. The molecule has 4 heteroatoms. The number of aromatic nitrogens is 1. The smallest absolute Gasteiger partial charge is 0.145 e.